The summed E-state index contributed by atoms with van der Waals surface area (Å²) in [7, 11) is 2.27. The zero-order valence-electron chi connectivity index (χ0n) is 12.9. The molecule has 0 aliphatic heterocycles. The molecule has 0 unspecified atom stereocenters. The Morgan fingerprint density at radius 1 is 1.19 bits per heavy atom. The van der Waals surface area contributed by atoms with Gasteiger partial charge in [0.1, 0.15) is 0 Å². The number of nitrogens with one attached hydrogen (secondary N) is 1. The normalized spacial score (nSPS) is 16.6. The summed E-state index contributed by atoms with van der Waals surface area (Å²) in [4.78, 5) is 2.54. The smallest absolute Gasteiger partial charge is 0.0465 e. The van der Waals surface area contributed by atoms with Gasteiger partial charge in [-0.3, -0.25) is 0 Å². The fraction of sp³-hybridized carbons (Fsp3) is 0.647. The van der Waals surface area contributed by atoms with Crippen LogP contribution in [0.3, 0.4) is 0 Å². The van der Waals surface area contributed by atoms with Gasteiger partial charge in [-0.05, 0) is 57.1 Å². The fourth-order valence-electron chi connectivity index (χ4n) is 3.05. The lowest BCUT2D eigenvalue weighted by Gasteiger charge is -2.31. The van der Waals surface area contributed by atoms with Gasteiger partial charge in [-0.15, -0.1) is 0 Å². The Morgan fingerprint density at radius 3 is 2.67 bits per heavy atom. The van der Waals surface area contributed by atoms with Crippen LogP contribution in [0.2, 0.25) is 10.0 Å². The Hall–Kier alpha value is -0.280. The first-order chi connectivity index (χ1) is 10.2. The molecule has 1 aromatic rings. The van der Waals surface area contributed by atoms with Crippen LogP contribution < -0.4 is 5.32 Å². The second-order valence-electron chi connectivity index (χ2n) is 6.04. The van der Waals surface area contributed by atoms with Crippen molar-refractivity contribution in [3.63, 3.8) is 0 Å². The van der Waals surface area contributed by atoms with E-state index in [9.17, 15) is 0 Å². The molecule has 2 rings (SSSR count). The van der Waals surface area contributed by atoms with E-state index in [4.69, 9.17) is 23.2 Å². The molecule has 0 saturated heterocycles. The maximum Gasteiger partial charge on any atom is 0.0465 e. The lowest BCUT2D eigenvalue weighted by atomic mass is 9.94. The van der Waals surface area contributed by atoms with E-state index in [1.807, 2.05) is 12.1 Å². The molecule has 1 aliphatic rings. The highest BCUT2D eigenvalue weighted by atomic mass is 35.5. The summed E-state index contributed by atoms with van der Waals surface area (Å²) in [5.74, 6) is 0. The molecule has 1 fully saturated rings. The number of benzene rings is 1. The van der Waals surface area contributed by atoms with Crippen molar-refractivity contribution in [1.29, 1.82) is 0 Å². The van der Waals surface area contributed by atoms with Crippen LogP contribution in [0.25, 0.3) is 0 Å². The molecule has 0 bridgehead atoms. The maximum absolute atomic E-state index is 6.16. The Balaban J connectivity index is 1.61. The second kappa shape index (κ2) is 8.99. The van der Waals surface area contributed by atoms with Gasteiger partial charge in [-0.25, -0.2) is 0 Å². The molecular formula is C17H26Cl2N2. The maximum atomic E-state index is 6.16. The summed E-state index contributed by atoms with van der Waals surface area (Å²) in [5, 5.41) is 4.90. The van der Waals surface area contributed by atoms with Gasteiger partial charge in [0.2, 0.25) is 0 Å². The van der Waals surface area contributed by atoms with Gasteiger partial charge in [0, 0.05) is 22.6 Å². The molecule has 1 N–H and O–H groups in total. The third-order valence-electron chi connectivity index (χ3n) is 4.39. The van der Waals surface area contributed by atoms with Crippen LogP contribution in [0, 0.1) is 0 Å². The molecule has 118 valence electrons. The highest BCUT2D eigenvalue weighted by Crippen LogP contribution is 2.22. The zero-order chi connectivity index (χ0) is 15.1. The third-order valence-corrected chi connectivity index (χ3v) is 4.98. The summed E-state index contributed by atoms with van der Waals surface area (Å²) < 4.78 is 0. The van der Waals surface area contributed by atoms with Gasteiger partial charge in [0.25, 0.3) is 0 Å². The molecule has 21 heavy (non-hydrogen) atoms. The van der Waals surface area contributed by atoms with E-state index in [-0.39, 0.29) is 0 Å². The van der Waals surface area contributed by atoms with E-state index in [2.05, 4.69) is 17.3 Å². The summed E-state index contributed by atoms with van der Waals surface area (Å²) >= 11 is 12.1. The van der Waals surface area contributed by atoms with Gasteiger partial charge in [-0.2, -0.15) is 0 Å². The van der Waals surface area contributed by atoms with Crippen molar-refractivity contribution < 1.29 is 0 Å². The SMILES string of the molecule is CN(CCCNCc1ccc(Cl)cc1Cl)C1CCCCC1. The van der Waals surface area contributed by atoms with Crippen LogP contribution in [0.15, 0.2) is 18.2 Å². The van der Waals surface area contributed by atoms with Gasteiger partial charge >= 0.3 is 0 Å². The standard InChI is InChI=1S/C17H26Cl2N2/c1-21(16-6-3-2-4-7-16)11-5-10-20-13-14-8-9-15(18)12-17(14)19/h8-9,12,16,20H,2-7,10-11,13H2,1H3. The molecule has 1 saturated carbocycles. The summed E-state index contributed by atoms with van der Waals surface area (Å²) in [5.41, 5.74) is 1.11. The molecule has 1 aromatic carbocycles. The minimum absolute atomic E-state index is 0.692. The van der Waals surface area contributed by atoms with Crippen LogP contribution in [-0.4, -0.2) is 31.1 Å². The first kappa shape index (κ1) is 17.1. The lowest BCUT2D eigenvalue weighted by Crippen LogP contribution is -2.35. The monoisotopic (exact) mass is 328 g/mol. The van der Waals surface area contributed by atoms with Gasteiger partial charge in [0.15, 0.2) is 0 Å². The van der Waals surface area contributed by atoms with Crippen LogP contribution >= 0.6 is 23.2 Å². The second-order valence-corrected chi connectivity index (χ2v) is 6.88. The van der Waals surface area contributed by atoms with Crippen molar-refractivity contribution >= 4 is 23.2 Å². The molecule has 0 spiro atoms. The molecular weight excluding hydrogens is 303 g/mol. The molecule has 0 heterocycles. The van der Waals surface area contributed by atoms with Gasteiger partial charge in [0.05, 0.1) is 0 Å². The van der Waals surface area contributed by atoms with Crippen LogP contribution in [0.4, 0.5) is 0 Å². The van der Waals surface area contributed by atoms with Crippen LogP contribution in [-0.2, 0) is 6.54 Å². The molecule has 0 aromatic heterocycles. The van der Waals surface area contributed by atoms with E-state index < -0.39 is 0 Å². The van der Waals surface area contributed by atoms with Crippen molar-refractivity contribution in [3.05, 3.63) is 33.8 Å². The number of rotatable bonds is 7. The predicted octanol–water partition coefficient (Wildman–Crippen LogP) is 4.74. The minimum atomic E-state index is 0.692. The van der Waals surface area contributed by atoms with Crippen LogP contribution in [0.1, 0.15) is 44.1 Å². The average Bonchev–Trinajstić information content (AvgIpc) is 2.49. The Kier molecular flexibility index (Phi) is 7.31. The number of hydrogen-bond donors (Lipinski definition) is 1. The van der Waals surface area contributed by atoms with Crippen molar-refractivity contribution in [2.75, 3.05) is 20.1 Å². The summed E-state index contributed by atoms with van der Waals surface area (Å²) in [6, 6.07) is 6.49. The first-order valence-corrected chi connectivity index (χ1v) is 8.77. The van der Waals surface area contributed by atoms with Crippen molar-refractivity contribution in [2.45, 2.75) is 51.1 Å². The topological polar surface area (TPSA) is 15.3 Å². The van der Waals surface area contributed by atoms with Crippen molar-refractivity contribution in [3.8, 4) is 0 Å². The van der Waals surface area contributed by atoms with Crippen molar-refractivity contribution in [1.82, 2.24) is 10.2 Å². The van der Waals surface area contributed by atoms with Gasteiger partial charge in [-0.1, -0.05) is 48.5 Å². The van der Waals surface area contributed by atoms with Crippen LogP contribution in [0.5, 0.6) is 0 Å². The summed E-state index contributed by atoms with van der Waals surface area (Å²) in [6.07, 6.45) is 8.17. The van der Waals surface area contributed by atoms with E-state index in [0.717, 1.165) is 29.7 Å². The third kappa shape index (κ3) is 5.78. The largest absolute Gasteiger partial charge is 0.313 e. The molecule has 0 amide bonds. The van der Waals surface area contributed by atoms with E-state index in [0.29, 0.717) is 5.02 Å². The molecule has 1 aliphatic carbocycles. The Bertz CT molecular complexity index is 431. The fourth-order valence-corrected chi connectivity index (χ4v) is 3.52. The zero-order valence-corrected chi connectivity index (χ0v) is 14.4. The molecule has 2 nitrogen and oxygen atoms in total. The molecule has 4 heteroatoms. The first-order valence-electron chi connectivity index (χ1n) is 8.01. The number of nitrogens with zero attached hydrogens (tertiary/aromatic N) is 1. The van der Waals surface area contributed by atoms with E-state index in [1.54, 1.807) is 6.07 Å². The predicted molar refractivity (Wildman–Crippen MR) is 92.3 cm³/mol. The number of halogens is 2. The molecule has 0 radical (unpaired) electrons. The van der Waals surface area contributed by atoms with E-state index in [1.165, 1.54) is 45.1 Å². The van der Waals surface area contributed by atoms with Gasteiger partial charge < -0.3 is 10.2 Å². The Labute approximate surface area is 138 Å². The number of hydrogen-bond acceptors (Lipinski definition) is 2. The molecule has 0 atom stereocenters. The quantitative estimate of drug-likeness (QED) is 0.727. The van der Waals surface area contributed by atoms with Crippen molar-refractivity contribution in [2.24, 2.45) is 0 Å². The highest BCUT2D eigenvalue weighted by Gasteiger charge is 2.17. The average molecular weight is 329 g/mol. The highest BCUT2D eigenvalue weighted by molar-refractivity contribution is 6.35. The Morgan fingerprint density at radius 2 is 1.95 bits per heavy atom. The minimum Gasteiger partial charge on any atom is -0.313 e. The lowest BCUT2D eigenvalue weighted by molar-refractivity contribution is 0.189. The van der Waals surface area contributed by atoms with E-state index >= 15 is 0 Å². The summed E-state index contributed by atoms with van der Waals surface area (Å²) in [6.45, 7) is 3.01.